The van der Waals surface area contributed by atoms with Gasteiger partial charge < -0.3 is 24.1 Å². The summed E-state index contributed by atoms with van der Waals surface area (Å²) in [6.45, 7) is 3.20. The number of rotatable bonds is 7. The van der Waals surface area contributed by atoms with Crippen molar-refractivity contribution in [2.75, 3.05) is 13.2 Å². The molecule has 1 fully saturated rings. The zero-order valence-corrected chi connectivity index (χ0v) is 17.0. The van der Waals surface area contributed by atoms with Gasteiger partial charge in [-0.25, -0.2) is 0 Å². The van der Waals surface area contributed by atoms with Crippen LogP contribution in [0.5, 0.6) is 23.0 Å². The molecule has 2 aromatic carbocycles. The molecule has 3 aromatic rings. The summed E-state index contributed by atoms with van der Waals surface area (Å²) in [5, 5.41) is 20.0. The maximum atomic E-state index is 13.0. The molecule has 1 aliphatic heterocycles. The Balaban J connectivity index is 1.65. The van der Waals surface area contributed by atoms with E-state index in [0.29, 0.717) is 36.6 Å². The smallest absolute Gasteiger partial charge is 0.320 e. The Morgan fingerprint density at radius 3 is 2.65 bits per heavy atom. The lowest BCUT2D eigenvalue weighted by Crippen LogP contribution is -2.35. The third kappa shape index (κ3) is 4.20. The molecule has 1 aromatic heterocycles. The third-order valence-electron chi connectivity index (χ3n) is 5.36. The standard InChI is InChI=1S/C23H23NO7/c1-2-29-14-5-7-15(8-6-14)31-20-13-30-22-16(21(20)26)9-10-19(25)17(22)12-24-11-3-4-18(24)23(27)28/h5-10,13,18,25H,2-4,11-12H2,1H3,(H,27,28). The first-order chi connectivity index (χ1) is 15.0. The number of carboxylic acid groups (broad SMARTS) is 1. The Morgan fingerprint density at radius 2 is 1.94 bits per heavy atom. The van der Waals surface area contributed by atoms with E-state index in [1.165, 1.54) is 18.4 Å². The maximum absolute atomic E-state index is 13.0. The van der Waals surface area contributed by atoms with Gasteiger partial charge >= 0.3 is 5.97 Å². The number of aliphatic carboxylic acids is 1. The van der Waals surface area contributed by atoms with E-state index in [4.69, 9.17) is 13.9 Å². The molecule has 2 N–H and O–H groups in total. The van der Waals surface area contributed by atoms with Crippen molar-refractivity contribution in [1.29, 1.82) is 0 Å². The van der Waals surface area contributed by atoms with Crippen molar-refractivity contribution in [3.63, 3.8) is 0 Å². The molecule has 0 bridgehead atoms. The fourth-order valence-corrected chi connectivity index (χ4v) is 3.85. The fourth-order valence-electron chi connectivity index (χ4n) is 3.85. The molecule has 162 valence electrons. The van der Waals surface area contributed by atoms with Crippen molar-refractivity contribution >= 4 is 16.9 Å². The molecule has 8 heteroatoms. The average Bonchev–Trinajstić information content (AvgIpc) is 3.22. The van der Waals surface area contributed by atoms with Crippen LogP contribution in [0.15, 0.2) is 51.9 Å². The van der Waals surface area contributed by atoms with Crippen LogP contribution in [-0.2, 0) is 11.3 Å². The van der Waals surface area contributed by atoms with E-state index in [2.05, 4.69) is 0 Å². The van der Waals surface area contributed by atoms with Crippen molar-refractivity contribution in [3.8, 4) is 23.0 Å². The average molecular weight is 425 g/mol. The molecule has 0 amide bonds. The zero-order valence-electron chi connectivity index (χ0n) is 17.0. The summed E-state index contributed by atoms with van der Waals surface area (Å²) in [5.74, 6) is 0.215. The Bertz CT molecular complexity index is 1150. The van der Waals surface area contributed by atoms with E-state index in [-0.39, 0.29) is 34.4 Å². The minimum atomic E-state index is -0.898. The summed E-state index contributed by atoms with van der Waals surface area (Å²) < 4.78 is 16.8. The van der Waals surface area contributed by atoms with Crippen LogP contribution in [0.4, 0.5) is 0 Å². The lowest BCUT2D eigenvalue weighted by molar-refractivity contribution is -0.142. The molecule has 0 saturated carbocycles. The molecule has 2 heterocycles. The summed E-state index contributed by atoms with van der Waals surface area (Å²) in [5.41, 5.74) is 0.225. The first-order valence-electron chi connectivity index (χ1n) is 10.1. The second-order valence-electron chi connectivity index (χ2n) is 7.34. The molecular weight excluding hydrogens is 402 g/mol. The van der Waals surface area contributed by atoms with Gasteiger partial charge in [-0.05, 0) is 62.7 Å². The summed E-state index contributed by atoms with van der Waals surface area (Å²) >= 11 is 0. The van der Waals surface area contributed by atoms with Crippen LogP contribution in [0, 0.1) is 0 Å². The number of hydrogen-bond donors (Lipinski definition) is 2. The topological polar surface area (TPSA) is 109 Å². The first kappa shape index (κ1) is 20.7. The Kier molecular flexibility index (Phi) is 5.81. The number of aromatic hydroxyl groups is 1. The minimum Gasteiger partial charge on any atom is -0.507 e. The van der Waals surface area contributed by atoms with Crippen LogP contribution in [0.2, 0.25) is 0 Å². The fraction of sp³-hybridized carbons (Fsp3) is 0.304. The van der Waals surface area contributed by atoms with E-state index in [1.807, 2.05) is 6.92 Å². The van der Waals surface area contributed by atoms with Crippen LogP contribution >= 0.6 is 0 Å². The molecule has 0 spiro atoms. The predicted octanol–water partition coefficient (Wildman–Crippen LogP) is 3.74. The van der Waals surface area contributed by atoms with E-state index in [0.717, 1.165) is 6.42 Å². The predicted molar refractivity (Wildman–Crippen MR) is 113 cm³/mol. The lowest BCUT2D eigenvalue weighted by atomic mass is 10.1. The van der Waals surface area contributed by atoms with Crippen molar-refractivity contribution in [2.45, 2.75) is 32.4 Å². The van der Waals surface area contributed by atoms with Gasteiger partial charge in [0.1, 0.15) is 35.1 Å². The Morgan fingerprint density at radius 1 is 1.19 bits per heavy atom. The van der Waals surface area contributed by atoms with Gasteiger partial charge in [-0.1, -0.05) is 0 Å². The zero-order chi connectivity index (χ0) is 22.0. The van der Waals surface area contributed by atoms with Crippen LogP contribution in [0.25, 0.3) is 11.0 Å². The molecule has 1 unspecified atom stereocenters. The van der Waals surface area contributed by atoms with Crippen LogP contribution in [-0.4, -0.2) is 40.3 Å². The van der Waals surface area contributed by atoms with Crippen molar-refractivity contribution in [1.82, 2.24) is 4.90 Å². The normalized spacial score (nSPS) is 16.5. The highest BCUT2D eigenvalue weighted by molar-refractivity contribution is 5.83. The molecule has 0 radical (unpaired) electrons. The number of nitrogens with zero attached hydrogens (tertiary/aromatic N) is 1. The number of likely N-dealkylation sites (tertiary alicyclic amines) is 1. The number of carboxylic acids is 1. The number of benzene rings is 2. The molecule has 1 aliphatic rings. The number of ether oxygens (including phenoxy) is 2. The number of carbonyl (C=O) groups is 1. The third-order valence-corrected chi connectivity index (χ3v) is 5.36. The lowest BCUT2D eigenvalue weighted by Gasteiger charge is -2.21. The van der Waals surface area contributed by atoms with E-state index in [9.17, 15) is 19.8 Å². The van der Waals surface area contributed by atoms with Gasteiger partial charge in [0, 0.05) is 6.54 Å². The number of phenols is 1. The second-order valence-corrected chi connectivity index (χ2v) is 7.34. The van der Waals surface area contributed by atoms with Crippen LogP contribution in [0.3, 0.4) is 0 Å². The van der Waals surface area contributed by atoms with Gasteiger partial charge in [0.05, 0.1) is 17.6 Å². The Labute approximate surface area is 178 Å². The van der Waals surface area contributed by atoms with E-state index >= 15 is 0 Å². The summed E-state index contributed by atoms with van der Waals surface area (Å²) in [4.78, 5) is 26.2. The number of phenolic OH excluding ortho intramolecular Hbond substituents is 1. The minimum absolute atomic E-state index is 0.0119. The first-order valence-corrected chi connectivity index (χ1v) is 10.1. The van der Waals surface area contributed by atoms with Gasteiger partial charge in [0.15, 0.2) is 0 Å². The molecular formula is C23H23NO7. The molecule has 4 rings (SSSR count). The molecule has 0 aliphatic carbocycles. The highest BCUT2D eigenvalue weighted by Gasteiger charge is 2.31. The van der Waals surface area contributed by atoms with Gasteiger partial charge in [-0.2, -0.15) is 0 Å². The summed E-state index contributed by atoms with van der Waals surface area (Å²) in [6, 6.07) is 9.14. The van der Waals surface area contributed by atoms with Crippen molar-refractivity contribution in [3.05, 3.63) is 58.4 Å². The molecule has 1 saturated heterocycles. The van der Waals surface area contributed by atoms with Gasteiger partial charge in [0.25, 0.3) is 0 Å². The van der Waals surface area contributed by atoms with Gasteiger partial charge in [-0.15, -0.1) is 0 Å². The summed E-state index contributed by atoms with van der Waals surface area (Å²) in [7, 11) is 0. The van der Waals surface area contributed by atoms with Gasteiger partial charge in [-0.3, -0.25) is 14.5 Å². The largest absolute Gasteiger partial charge is 0.507 e. The number of fused-ring (bicyclic) bond motifs is 1. The van der Waals surface area contributed by atoms with Crippen LogP contribution < -0.4 is 14.9 Å². The van der Waals surface area contributed by atoms with Crippen LogP contribution in [0.1, 0.15) is 25.3 Å². The van der Waals surface area contributed by atoms with E-state index < -0.39 is 12.0 Å². The van der Waals surface area contributed by atoms with Crippen molar-refractivity contribution < 1.29 is 28.9 Å². The molecule has 8 nitrogen and oxygen atoms in total. The van der Waals surface area contributed by atoms with E-state index in [1.54, 1.807) is 29.2 Å². The monoisotopic (exact) mass is 425 g/mol. The summed E-state index contributed by atoms with van der Waals surface area (Å²) in [6.07, 6.45) is 2.51. The van der Waals surface area contributed by atoms with Gasteiger partial charge in [0.2, 0.25) is 11.2 Å². The maximum Gasteiger partial charge on any atom is 0.320 e. The second kappa shape index (κ2) is 8.69. The van der Waals surface area contributed by atoms with Crippen molar-refractivity contribution in [2.24, 2.45) is 0 Å². The molecule has 31 heavy (non-hydrogen) atoms. The SMILES string of the molecule is CCOc1ccc(Oc2coc3c(CN4CCCC4C(=O)O)c(O)ccc3c2=O)cc1. The Hall–Kier alpha value is -3.52. The molecule has 1 atom stereocenters. The quantitative estimate of drug-likeness (QED) is 0.589. The highest BCUT2D eigenvalue weighted by atomic mass is 16.5. The number of hydrogen-bond acceptors (Lipinski definition) is 7. The highest BCUT2D eigenvalue weighted by Crippen LogP contribution is 2.31.